The third-order valence-corrected chi connectivity index (χ3v) is 5.32. The average Bonchev–Trinajstić information content (AvgIpc) is 3.48. The number of halogens is 1. The van der Waals surface area contributed by atoms with Crippen molar-refractivity contribution >= 4 is 34.3 Å². The van der Waals surface area contributed by atoms with Gasteiger partial charge in [-0.2, -0.15) is 0 Å². The van der Waals surface area contributed by atoms with Gasteiger partial charge in [-0.15, -0.1) is 0 Å². The Hall–Kier alpha value is -2.18. The predicted octanol–water partition coefficient (Wildman–Crippen LogP) is 1.81. The van der Waals surface area contributed by atoms with E-state index in [4.69, 9.17) is 11.6 Å². The molecule has 0 atom stereocenters. The summed E-state index contributed by atoms with van der Waals surface area (Å²) >= 11 is 6.41. The number of rotatable bonds is 3. The van der Waals surface area contributed by atoms with Gasteiger partial charge in [-0.25, -0.2) is 0 Å². The van der Waals surface area contributed by atoms with Crippen molar-refractivity contribution in [3.05, 3.63) is 41.0 Å². The lowest BCUT2D eigenvalue weighted by Crippen LogP contribution is -2.52. The number of benzene rings is 1. The first-order chi connectivity index (χ1) is 12.6. The quantitative estimate of drug-likeness (QED) is 0.834. The average molecular weight is 373 g/mol. The Morgan fingerprint density at radius 2 is 1.92 bits per heavy atom. The Bertz CT molecular complexity index is 845. The van der Waals surface area contributed by atoms with Crippen LogP contribution in [0.15, 0.2) is 30.5 Å². The fourth-order valence-electron chi connectivity index (χ4n) is 3.28. The molecule has 6 nitrogen and oxygen atoms in total. The molecule has 2 aliphatic rings. The molecule has 1 N–H and O–H groups in total. The summed E-state index contributed by atoms with van der Waals surface area (Å²) in [6.45, 7) is 3.20. The van der Waals surface area contributed by atoms with E-state index in [0.717, 1.165) is 29.3 Å². The lowest BCUT2D eigenvalue weighted by Gasteiger charge is -2.34. The van der Waals surface area contributed by atoms with Crippen LogP contribution in [0.5, 0.6) is 0 Å². The van der Waals surface area contributed by atoms with Gasteiger partial charge < -0.3 is 10.2 Å². The van der Waals surface area contributed by atoms with Crippen molar-refractivity contribution < 1.29 is 9.59 Å². The summed E-state index contributed by atoms with van der Waals surface area (Å²) in [4.78, 5) is 32.5. The van der Waals surface area contributed by atoms with Crippen LogP contribution in [0.1, 0.15) is 18.4 Å². The molecule has 1 aromatic carbocycles. The lowest BCUT2D eigenvalue weighted by atomic mass is 10.1. The van der Waals surface area contributed by atoms with Gasteiger partial charge in [-0.1, -0.05) is 23.7 Å². The van der Waals surface area contributed by atoms with E-state index in [1.807, 2.05) is 24.3 Å². The van der Waals surface area contributed by atoms with E-state index in [1.54, 1.807) is 11.1 Å². The molecule has 26 heavy (non-hydrogen) atoms. The van der Waals surface area contributed by atoms with E-state index in [-0.39, 0.29) is 6.04 Å². The fraction of sp³-hybridized carbons (Fsp3) is 0.421. The van der Waals surface area contributed by atoms with Crippen LogP contribution >= 0.6 is 11.6 Å². The first-order valence-corrected chi connectivity index (χ1v) is 9.34. The Morgan fingerprint density at radius 3 is 2.65 bits per heavy atom. The fourth-order valence-corrected chi connectivity index (χ4v) is 3.49. The Kier molecular flexibility index (Phi) is 4.78. The summed E-state index contributed by atoms with van der Waals surface area (Å²) in [5.74, 6) is -0.886. The number of piperazine rings is 1. The van der Waals surface area contributed by atoms with Crippen LogP contribution in [-0.2, 0) is 16.1 Å². The van der Waals surface area contributed by atoms with Crippen LogP contribution in [-0.4, -0.2) is 58.8 Å². The summed E-state index contributed by atoms with van der Waals surface area (Å²) in [7, 11) is 0. The number of fused-ring (bicyclic) bond motifs is 1. The minimum Gasteiger partial charge on any atom is -0.345 e. The largest absolute Gasteiger partial charge is 0.345 e. The van der Waals surface area contributed by atoms with Crippen LogP contribution in [0.2, 0.25) is 5.02 Å². The van der Waals surface area contributed by atoms with Gasteiger partial charge in [-0.05, 0) is 25.0 Å². The van der Waals surface area contributed by atoms with E-state index in [1.165, 1.54) is 0 Å². The summed E-state index contributed by atoms with van der Waals surface area (Å²) in [6, 6.07) is 8.02. The highest BCUT2D eigenvalue weighted by atomic mass is 35.5. The number of carbonyl (C=O) groups is 2. The van der Waals surface area contributed by atoms with E-state index in [0.29, 0.717) is 37.7 Å². The van der Waals surface area contributed by atoms with Crippen molar-refractivity contribution in [2.45, 2.75) is 25.4 Å². The molecule has 1 aliphatic carbocycles. The van der Waals surface area contributed by atoms with Gasteiger partial charge in [0.1, 0.15) is 0 Å². The summed E-state index contributed by atoms with van der Waals surface area (Å²) in [5, 5.41) is 4.53. The molecule has 2 fully saturated rings. The number of pyridine rings is 1. The van der Waals surface area contributed by atoms with Crippen molar-refractivity contribution in [2.24, 2.45) is 0 Å². The van der Waals surface area contributed by atoms with Gasteiger partial charge in [0, 0.05) is 60.9 Å². The zero-order valence-corrected chi connectivity index (χ0v) is 15.2. The number of nitrogens with one attached hydrogen (secondary N) is 1. The van der Waals surface area contributed by atoms with Crippen LogP contribution < -0.4 is 5.32 Å². The highest BCUT2D eigenvalue weighted by Crippen LogP contribution is 2.26. The maximum Gasteiger partial charge on any atom is 0.311 e. The summed E-state index contributed by atoms with van der Waals surface area (Å²) < 4.78 is 0. The van der Waals surface area contributed by atoms with Crippen LogP contribution in [0, 0.1) is 0 Å². The molecule has 1 saturated carbocycles. The molecule has 1 saturated heterocycles. The van der Waals surface area contributed by atoms with Crippen molar-refractivity contribution in [2.75, 3.05) is 26.2 Å². The van der Waals surface area contributed by atoms with E-state index < -0.39 is 11.8 Å². The van der Waals surface area contributed by atoms with Gasteiger partial charge >= 0.3 is 11.8 Å². The summed E-state index contributed by atoms with van der Waals surface area (Å²) in [5.41, 5.74) is 1.93. The number of carbonyl (C=O) groups excluding carboxylic acids is 2. The van der Waals surface area contributed by atoms with Gasteiger partial charge in [0.2, 0.25) is 0 Å². The Balaban J connectivity index is 1.39. The van der Waals surface area contributed by atoms with E-state index in [9.17, 15) is 9.59 Å². The standard InChI is InChI=1S/C19H21ClN4O2/c20-16-6-3-13-2-1-7-21-17(13)15(16)12-23-8-10-24(11-9-23)19(26)18(25)22-14-4-5-14/h1-3,6-7,14H,4-5,8-12H2,(H,22,25). The number of hydrogen-bond acceptors (Lipinski definition) is 4. The van der Waals surface area contributed by atoms with Crippen LogP contribution in [0.4, 0.5) is 0 Å². The topological polar surface area (TPSA) is 65.5 Å². The Labute approximate surface area is 157 Å². The molecular weight excluding hydrogens is 352 g/mol. The first-order valence-electron chi connectivity index (χ1n) is 8.96. The highest BCUT2D eigenvalue weighted by Gasteiger charge is 2.30. The molecule has 1 aliphatic heterocycles. The number of aromatic nitrogens is 1. The van der Waals surface area contributed by atoms with Crippen molar-refractivity contribution in [1.82, 2.24) is 20.1 Å². The molecule has 136 valence electrons. The second-order valence-electron chi connectivity index (χ2n) is 6.92. The van der Waals surface area contributed by atoms with E-state index >= 15 is 0 Å². The van der Waals surface area contributed by atoms with Crippen molar-refractivity contribution in [3.8, 4) is 0 Å². The zero-order chi connectivity index (χ0) is 18.1. The molecule has 0 spiro atoms. The van der Waals surface area contributed by atoms with Crippen molar-refractivity contribution in [1.29, 1.82) is 0 Å². The van der Waals surface area contributed by atoms with Gasteiger partial charge in [-0.3, -0.25) is 19.5 Å². The van der Waals surface area contributed by atoms with Gasteiger partial charge in [0.05, 0.1) is 5.52 Å². The van der Waals surface area contributed by atoms with Gasteiger partial charge in [0.15, 0.2) is 0 Å². The number of amides is 2. The summed E-state index contributed by atoms with van der Waals surface area (Å²) in [6.07, 6.45) is 3.73. The minimum absolute atomic E-state index is 0.203. The molecule has 0 radical (unpaired) electrons. The molecule has 7 heteroatoms. The SMILES string of the molecule is O=C(NC1CC1)C(=O)N1CCN(Cc2c(Cl)ccc3cccnc23)CC1. The second kappa shape index (κ2) is 7.21. The molecule has 4 rings (SSSR count). The predicted molar refractivity (Wildman–Crippen MR) is 99.8 cm³/mol. The lowest BCUT2D eigenvalue weighted by molar-refractivity contribution is -0.147. The molecule has 0 bridgehead atoms. The minimum atomic E-state index is -0.470. The highest BCUT2D eigenvalue weighted by molar-refractivity contribution is 6.35. The molecule has 2 heterocycles. The zero-order valence-electron chi connectivity index (χ0n) is 14.4. The van der Waals surface area contributed by atoms with E-state index in [2.05, 4.69) is 15.2 Å². The molecule has 2 amide bonds. The van der Waals surface area contributed by atoms with Gasteiger partial charge in [0.25, 0.3) is 0 Å². The van der Waals surface area contributed by atoms with Crippen LogP contribution in [0.3, 0.4) is 0 Å². The Morgan fingerprint density at radius 1 is 1.15 bits per heavy atom. The molecule has 2 aromatic rings. The molecular formula is C19H21ClN4O2. The molecule has 1 aromatic heterocycles. The second-order valence-corrected chi connectivity index (χ2v) is 7.32. The third-order valence-electron chi connectivity index (χ3n) is 4.97. The monoisotopic (exact) mass is 372 g/mol. The third kappa shape index (κ3) is 3.66. The van der Waals surface area contributed by atoms with Crippen LogP contribution in [0.25, 0.3) is 10.9 Å². The maximum atomic E-state index is 12.2. The first kappa shape index (κ1) is 17.2. The maximum absolute atomic E-state index is 12.2. The smallest absolute Gasteiger partial charge is 0.311 e. The normalized spacial score (nSPS) is 18.1. The van der Waals surface area contributed by atoms with Crippen molar-refractivity contribution in [3.63, 3.8) is 0 Å². The molecule has 0 unspecified atom stereocenters. The number of hydrogen-bond donors (Lipinski definition) is 1. The number of nitrogens with zero attached hydrogens (tertiary/aromatic N) is 3.